The summed E-state index contributed by atoms with van der Waals surface area (Å²) in [4.78, 5) is 0. The number of fused-ring (bicyclic) bond motifs is 1. The van der Waals surface area contributed by atoms with Gasteiger partial charge < -0.3 is 0 Å². The Balaban J connectivity index is 2.67. The van der Waals surface area contributed by atoms with Crippen LogP contribution in [0.3, 0.4) is 0 Å². The highest BCUT2D eigenvalue weighted by Crippen LogP contribution is 2.39. The number of hydrogen-bond acceptors (Lipinski definition) is 0. The first-order valence-electron chi connectivity index (χ1n) is 6.83. The summed E-state index contributed by atoms with van der Waals surface area (Å²) in [5.74, 6) is -2.70. The molecule has 0 N–H and O–H groups in total. The van der Waals surface area contributed by atoms with Crippen molar-refractivity contribution in [2.45, 2.75) is 38.8 Å². The maximum absolute atomic E-state index is 13.9. The van der Waals surface area contributed by atoms with Crippen molar-refractivity contribution in [3.8, 4) is 0 Å². The molecule has 0 unspecified atom stereocenters. The van der Waals surface area contributed by atoms with Gasteiger partial charge in [-0.3, -0.25) is 0 Å². The topological polar surface area (TPSA) is 0 Å². The van der Waals surface area contributed by atoms with Crippen LogP contribution in [0, 0.1) is 11.6 Å². The van der Waals surface area contributed by atoms with Crippen molar-refractivity contribution in [2.75, 3.05) is 0 Å². The number of hydrogen-bond donors (Lipinski definition) is 0. The molecule has 0 amide bonds. The molecule has 0 spiro atoms. The van der Waals surface area contributed by atoms with Gasteiger partial charge in [-0.15, -0.1) is 0 Å². The van der Waals surface area contributed by atoms with E-state index in [0.29, 0.717) is 6.42 Å². The Kier molecular flexibility index (Phi) is 4.49. The molecule has 0 nitrogen and oxygen atoms in total. The van der Waals surface area contributed by atoms with E-state index in [2.05, 4.69) is 0 Å². The fourth-order valence-corrected chi connectivity index (χ4v) is 2.49. The fraction of sp³-hybridized carbons (Fsp3) is 0.375. The van der Waals surface area contributed by atoms with Crippen LogP contribution in [0.15, 0.2) is 24.3 Å². The number of aryl methyl sites for hydroxylation is 1. The largest absolute Gasteiger partial charge is 0.417 e. The number of rotatable bonds is 4. The summed E-state index contributed by atoms with van der Waals surface area (Å²) < 4.78 is 67.1. The quantitative estimate of drug-likeness (QED) is 0.489. The Hall–Kier alpha value is -1.65. The van der Waals surface area contributed by atoms with E-state index in [9.17, 15) is 22.0 Å². The van der Waals surface area contributed by atoms with E-state index in [0.717, 1.165) is 18.9 Å². The zero-order chi connectivity index (χ0) is 15.6. The van der Waals surface area contributed by atoms with Crippen LogP contribution in [0.1, 0.15) is 37.3 Å². The molecule has 0 aliphatic rings. The molecule has 0 bridgehead atoms. The van der Waals surface area contributed by atoms with Crippen LogP contribution in [-0.2, 0) is 12.6 Å². The summed E-state index contributed by atoms with van der Waals surface area (Å²) in [6.45, 7) is 1.94. The molecule has 0 fully saturated rings. The van der Waals surface area contributed by atoms with Gasteiger partial charge in [-0.2, -0.15) is 13.2 Å². The van der Waals surface area contributed by atoms with E-state index >= 15 is 0 Å². The average Bonchev–Trinajstić information content (AvgIpc) is 2.42. The lowest BCUT2D eigenvalue weighted by atomic mass is 9.94. The summed E-state index contributed by atoms with van der Waals surface area (Å²) in [6.07, 6.45) is -2.26. The van der Waals surface area contributed by atoms with Crippen molar-refractivity contribution < 1.29 is 22.0 Å². The molecule has 0 saturated carbocycles. The lowest BCUT2D eigenvalue weighted by Crippen LogP contribution is -2.11. The van der Waals surface area contributed by atoms with Crippen molar-refractivity contribution in [1.82, 2.24) is 0 Å². The summed E-state index contributed by atoms with van der Waals surface area (Å²) in [5, 5.41) is -0.614. The highest BCUT2D eigenvalue weighted by Gasteiger charge is 2.36. The molecule has 114 valence electrons. The van der Waals surface area contributed by atoms with Gasteiger partial charge in [-0.25, -0.2) is 8.78 Å². The van der Waals surface area contributed by atoms with Crippen LogP contribution in [-0.4, -0.2) is 0 Å². The molecule has 0 radical (unpaired) electrons. The van der Waals surface area contributed by atoms with E-state index in [1.54, 1.807) is 0 Å². The van der Waals surface area contributed by atoms with Crippen molar-refractivity contribution in [3.63, 3.8) is 0 Å². The first kappa shape index (κ1) is 15.7. The van der Waals surface area contributed by atoms with E-state index in [1.165, 1.54) is 18.2 Å². The van der Waals surface area contributed by atoms with Gasteiger partial charge >= 0.3 is 6.18 Å². The number of halogens is 5. The second-order valence-electron chi connectivity index (χ2n) is 5.01. The third-order valence-corrected chi connectivity index (χ3v) is 3.50. The lowest BCUT2D eigenvalue weighted by Gasteiger charge is -2.16. The summed E-state index contributed by atoms with van der Waals surface area (Å²) in [6, 6.07) is 4.78. The summed E-state index contributed by atoms with van der Waals surface area (Å²) >= 11 is 0. The van der Waals surface area contributed by atoms with Crippen molar-refractivity contribution in [2.24, 2.45) is 0 Å². The Labute approximate surface area is 119 Å². The highest BCUT2D eigenvalue weighted by molar-refractivity contribution is 5.88. The van der Waals surface area contributed by atoms with Crippen LogP contribution in [0.4, 0.5) is 22.0 Å². The zero-order valence-electron chi connectivity index (χ0n) is 11.5. The molecule has 0 atom stereocenters. The predicted octanol–water partition coefficient (Wildman–Crippen LogP) is 5.87. The molecule has 2 aromatic carbocycles. The maximum Gasteiger partial charge on any atom is 0.417 e. The van der Waals surface area contributed by atoms with Gasteiger partial charge in [0, 0.05) is 5.39 Å². The van der Waals surface area contributed by atoms with E-state index in [4.69, 9.17) is 0 Å². The van der Waals surface area contributed by atoms with Gasteiger partial charge in [0.05, 0.1) is 5.56 Å². The Morgan fingerprint density at radius 2 is 1.62 bits per heavy atom. The minimum Gasteiger partial charge on any atom is -0.204 e. The molecule has 0 saturated heterocycles. The molecule has 5 heteroatoms. The molecule has 0 aliphatic carbocycles. The van der Waals surface area contributed by atoms with Crippen LogP contribution < -0.4 is 0 Å². The number of benzene rings is 2. The van der Waals surface area contributed by atoms with Crippen LogP contribution in [0.5, 0.6) is 0 Å². The molecule has 2 rings (SSSR count). The van der Waals surface area contributed by atoms with E-state index in [-0.39, 0.29) is 17.4 Å². The molecular weight excluding hydrogens is 287 g/mol. The first-order chi connectivity index (χ1) is 9.86. The van der Waals surface area contributed by atoms with Gasteiger partial charge in [0.25, 0.3) is 0 Å². The van der Waals surface area contributed by atoms with Crippen LogP contribution >= 0.6 is 0 Å². The minimum atomic E-state index is -4.71. The molecule has 0 aliphatic heterocycles. The molecule has 0 aromatic heterocycles. The Bertz CT molecular complexity index is 643. The summed E-state index contributed by atoms with van der Waals surface area (Å²) in [7, 11) is 0. The molecule has 21 heavy (non-hydrogen) atoms. The van der Waals surface area contributed by atoms with E-state index < -0.39 is 28.8 Å². The monoisotopic (exact) mass is 302 g/mol. The van der Waals surface area contributed by atoms with Gasteiger partial charge in [0.1, 0.15) is 0 Å². The predicted molar refractivity (Wildman–Crippen MR) is 72.1 cm³/mol. The normalized spacial score (nSPS) is 12.1. The number of unbranched alkanes of at least 4 members (excludes halogenated alkanes) is 2. The van der Waals surface area contributed by atoms with Gasteiger partial charge in [0.15, 0.2) is 11.6 Å². The molecular formula is C16H15F5. The molecule has 0 heterocycles. The summed E-state index contributed by atoms with van der Waals surface area (Å²) in [5.41, 5.74) is -1.03. The first-order valence-corrected chi connectivity index (χ1v) is 6.83. The molecule has 2 aromatic rings. The minimum absolute atomic E-state index is 0.0213. The Morgan fingerprint density at radius 3 is 2.24 bits per heavy atom. The van der Waals surface area contributed by atoms with Crippen molar-refractivity contribution >= 4 is 10.8 Å². The second kappa shape index (κ2) is 6.00. The third kappa shape index (κ3) is 3.17. The van der Waals surface area contributed by atoms with Gasteiger partial charge in [-0.05, 0) is 29.9 Å². The second-order valence-corrected chi connectivity index (χ2v) is 5.01. The fourth-order valence-electron chi connectivity index (χ4n) is 2.49. The third-order valence-electron chi connectivity index (χ3n) is 3.50. The highest BCUT2D eigenvalue weighted by atomic mass is 19.4. The number of alkyl halides is 3. The van der Waals surface area contributed by atoms with Gasteiger partial charge in [0.2, 0.25) is 0 Å². The average molecular weight is 302 g/mol. The van der Waals surface area contributed by atoms with Crippen LogP contribution in [0.2, 0.25) is 0 Å². The van der Waals surface area contributed by atoms with Gasteiger partial charge in [-0.1, -0.05) is 38.0 Å². The van der Waals surface area contributed by atoms with Crippen LogP contribution in [0.25, 0.3) is 10.8 Å². The van der Waals surface area contributed by atoms with E-state index in [1.807, 2.05) is 6.92 Å². The maximum atomic E-state index is 13.9. The zero-order valence-corrected chi connectivity index (χ0v) is 11.5. The standard InChI is InChI=1S/C16H15F5/c1-2-3-4-5-11-7-6-10-8-9-12(17)15(18)13(10)14(11)16(19,20)21/h6-9H,2-5H2,1H3. The van der Waals surface area contributed by atoms with Crippen molar-refractivity contribution in [3.05, 3.63) is 47.0 Å². The smallest absolute Gasteiger partial charge is 0.204 e. The SMILES string of the molecule is CCCCCc1ccc2ccc(F)c(F)c2c1C(F)(F)F. The lowest BCUT2D eigenvalue weighted by molar-refractivity contribution is -0.137. The Morgan fingerprint density at radius 1 is 0.952 bits per heavy atom. The van der Waals surface area contributed by atoms with Crippen molar-refractivity contribution in [1.29, 1.82) is 0 Å².